The van der Waals surface area contributed by atoms with Gasteiger partial charge in [0.1, 0.15) is 0 Å². The standard InChI is InChI=1S/C29H28ClF3N6O4/c1-37-21(17-4-5-22(43-14-31)25(33)24(17)32)13-35-26(37)27(40)36-15-2-3-16(20(30)10-15)28(41)38-6-8-39(9-7-38)29(42)23-18-11-34-12-19(18)23/h2-5,10,13,18-19,23,34H,6-9,11-12,14H2,1H3,(H,36,40). The Labute approximate surface area is 249 Å². The molecule has 2 atom stereocenters. The number of piperidine rings is 1. The number of aromatic nitrogens is 2. The van der Waals surface area contributed by atoms with Crippen LogP contribution in [0.25, 0.3) is 11.3 Å². The van der Waals surface area contributed by atoms with Gasteiger partial charge >= 0.3 is 0 Å². The SMILES string of the molecule is Cn1c(-c2ccc(OCF)c(F)c2F)cnc1C(=O)Nc1ccc(C(=O)N2CCN(C(=O)C3C4CNCC43)CC2)c(Cl)c1. The number of anilines is 1. The minimum atomic E-state index is -1.36. The number of fused-ring (bicyclic) bond motifs is 1. The van der Waals surface area contributed by atoms with Crippen molar-refractivity contribution < 1.29 is 32.3 Å². The summed E-state index contributed by atoms with van der Waals surface area (Å²) >= 11 is 6.44. The number of benzene rings is 2. The molecule has 14 heteroatoms. The molecule has 2 aromatic carbocycles. The van der Waals surface area contributed by atoms with Crippen molar-refractivity contribution in [2.24, 2.45) is 24.8 Å². The van der Waals surface area contributed by atoms with Crippen LogP contribution in [0.5, 0.6) is 5.75 Å². The monoisotopic (exact) mass is 616 g/mol. The van der Waals surface area contributed by atoms with Crippen LogP contribution in [0.15, 0.2) is 36.5 Å². The highest BCUT2D eigenvalue weighted by molar-refractivity contribution is 6.34. The maximum absolute atomic E-state index is 14.6. The first-order valence-corrected chi connectivity index (χ1v) is 14.2. The van der Waals surface area contributed by atoms with E-state index in [1.165, 1.54) is 42.1 Å². The predicted molar refractivity (Wildman–Crippen MR) is 150 cm³/mol. The van der Waals surface area contributed by atoms with Crippen molar-refractivity contribution >= 4 is 35.0 Å². The Morgan fingerprint density at radius 3 is 2.42 bits per heavy atom. The van der Waals surface area contributed by atoms with Crippen LogP contribution < -0.4 is 15.4 Å². The number of alkyl halides is 1. The zero-order chi connectivity index (χ0) is 30.4. The van der Waals surface area contributed by atoms with Crippen molar-refractivity contribution in [1.29, 1.82) is 0 Å². The Hall–Kier alpha value is -4.10. The number of amides is 3. The van der Waals surface area contributed by atoms with Gasteiger partial charge in [0.2, 0.25) is 18.6 Å². The van der Waals surface area contributed by atoms with Crippen LogP contribution in [0.4, 0.5) is 18.9 Å². The minimum Gasteiger partial charge on any atom is -0.460 e. The minimum absolute atomic E-state index is 0.103. The number of ether oxygens (including phenoxy) is 1. The predicted octanol–water partition coefficient (Wildman–Crippen LogP) is 3.33. The fraction of sp³-hybridized carbons (Fsp3) is 0.379. The summed E-state index contributed by atoms with van der Waals surface area (Å²) < 4.78 is 47.0. The number of piperazine rings is 1. The molecule has 3 heterocycles. The number of imidazole rings is 1. The van der Waals surface area contributed by atoms with Crippen molar-refractivity contribution in [3.8, 4) is 17.0 Å². The molecule has 2 saturated heterocycles. The molecule has 1 saturated carbocycles. The largest absolute Gasteiger partial charge is 0.460 e. The number of hydrogen-bond donors (Lipinski definition) is 2. The van der Waals surface area contributed by atoms with Crippen LogP contribution in [0.3, 0.4) is 0 Å². The molecule has 0 radical (unpaired) electrons. The van der Waals surface area contributed by atoms with Gasteiger partial charge in [0, 0.05) is 50.4 Å². The molecule has 3 fully saturated rings. The zero-order valence-electron chi connectivity index (χ0n) is 23.1. The van der Waals surface area contributed by atoms with E-state index in [-0.39, 0.29) is 45.4 Å². The van der Waals surface area contributed by atoms with Gasteiger partial charge < -0.3 is 29.7 Å². The van der Waals surface area contributed by atoms with Crippen LogP contribution in [0, 0.1) is 29.4 Å². The molecule has 2 unspecified atom stereocenters. The van der Waals surface area contributed by atoms with Crippen LogP contribution >= 0.6 is 11.6 Å². The highest BCUT2D eigenvalue weighted by atomic mass is 35.5. The second-order valence-electron chi connectivity index (χ2n) is 10.8. The van der Waals surface area contributed by atoms with E-state index in [0.717, 1.165) is 19.2 Å². The van der Waals surface area contributed by atoms with E-state index in [2.05, 4.69) is 20.4 Å². The van der Waals surface area contributed by atoms with Crippen LogP contribution in [0.2, 0.25) is 5.02 Å². The average molecular weight is 617 g/mol. The fourth-order valence-corrected chi connectivity index (χ4v) is 6.28. The van der Waals surface area contributed by atoms with Gasteiger partial charge in [0.15, 0.2) is 17.4 Å². The van der Waals surface area contributed by atoms with Gasteiger partial charge in [-0.05, 0) is 55.3 Å². The van der Waals surface area contributed by atoms with Crippen LogP contribution in [-0.2, 0) is 11.8 Å². The molecule has 1 aromatic heterocycles. The van der Waals surface area contributed by atoms with E-state index in [0.29, 0.717) is 43.7 Å². The lowest BCUT2D eigenvalue weighted by Gasteiger charge is -2.35. The quantitative estimate of drug-likeness (QED) is 0.422. The lowest BCUT2D eigenvalue weighted by Crippen LogP contribution is -2.51. The Balaban J connectivity index is 1.08. The molecule has 3 amide bonds. The Morgan fingerprint density at radius 2 is 1.74 bits per heavy atom. The molecule has 2 N–H and O–H groups in total. The molecule has 226 valence electrons. The van der Waals surface area contributed by atoms with Gasteiger partial charge in [-0.2, -0.15) is 4.39 Å². The molecule has 0 bridgehead atoms. The Morgan fingerprint density at radius 1 is 1.05 bits per heavy atom. The van der Waals surface area contributed by atoms with Gasteiger partial charge in [-0.1, -0.05) is 11.6 Å². The molecule has 3 aliphatic rings. The number of nitrogens with one attached hydrogen (secondary N) is 2. The highest BCUT2D eigenvalue weighted by Crippen LogP contribution is 2.49. The van der Waals surface area contributed by atoms with E-state index >= 15 is 0 Å². The van der Waals surface area contributed by atoms with E-state index < -0.39 is 30.2 Å². The van der Waals surface area contributed by atoms with Crippen molar-refractivity contribution in [2.75, 3.05) is 51.4 Å². The van der Waals surface area contributed by atoms with Gasteiger partial charge in [-0.3, -0.25) is 14.4 Å². The summed E-state index contributed by atoms with van der Waals surface area (Å²) in [6, 6.07) is 6.76. The molecule has 10 nitrogen and oxygen atoms in total. The smallest absolute Gasteiger partial charge is 0.291 e. The second-order valence-corrected chi connectivity index (χ2v) is 11.2. The summed E-state index contributed by atoms with van der Waals surface area (Å²) in [6.07, 6.45) is 1.21. The van der Waals surface area contributed by atoms with Crippen molar-refractivity contribution in [3.05, 3.63) is 64.6 Å². The normalized spacial score (nSPS) is 21.0. The van der Waals surface area contributed by atoms with E-state index in [1.807, 2.05) is 4.90 Å². The highest BCUT2D eigenvalue weighted by Gasteiger charge is 2.58. The first kappa shape index (κ1) is 29.0. The van der Waals surface area contributed by atoms with Crippen molar-refractivity contribution in [2.45, 2.75) is 0 Å². The molecule has 1 aliphatic carbocycles. The van der Waals surface area contributed by atoms with Gasteiger partial charge in [0.05, 0.1) is 22.5 Å². The maximum Gasteiger partial charge on any atom is 0.291 e. The summed E-state index contributed by atoms with van der Waals surface area (Å²) in [5.74, 6) is -3.06. The third-order valence-electron chi connectivity index (χ3n) is 8.44. The molecular weight excluding hydrogens is 589 g/mol. The molecular formula is C29H28ClF3N6O4. The number of carbonyl (C=O) groups excluding carboxylic acids is 3. The van der Waals surface area contributed by atoms with E-state index in [4.69, 9.17) is 11.6 Å². The Bertz CT molecular complexity index is 1600. The van der Waals surface area contributed by atoms with Gasteiger partial charge in [0.25, 0.3) is 11.8 Å². The third kappa shape index (κ3) is 5.31. The maximum atomic E-state index is 14.6. The lowest BCUT2D eigenvalue weighted by atomic mass is 10.1. The first-order valence-electron chi connectivity index (χ1n) is 13.8. The number of halogens is 4. The summed E-state index contributed by atoms with van der Waals surface area (Å²) in [4.78, 5) is 46.6. The number of hydrogen-bond acceptors (Lipinski definition) is 6. The van der Waals surface area contributed by atoms with Gasteiger partial charge in [-0.25, -0.2) is 13.8 Å². The number of rotatable bonds is 7. The third-order valence-corrected chi connectivity index (χ3v) is 8.75. The fourth-order valence-electron chi connectivity index (χ4n) is 6.02. The van der Waals surface area contributed by atoms with E-state index in [9.17, 15) is 27.6 Å². The summed E-state index contributed by atoms with van der Waals surface area (Å²) in [5.41, 5.74) is 0.465. The molecule has 43 heavy (non-hydrogen) atoms. The van der Waals surface area contributed by atoms with Crippen LogP contribution in [0.1, 0.15) is 21.0 Å². The second kappa shape index (κ2) is 11.5. The summed E-state index contributed by atoms with van der Waals surface area (Å²) in [5, 5.41) is 6.07. The summed E-state index contributed by atoms with van der Waals surface area (Å²) in [7, 11) is 1.45. The van der Waals surface area contributed by atoms with E-state index in [1.54, 1.807) is 4.90 Å². The topological polar surface area (TPSA) is 109 Å². The van der Waals surface area contributed by atoms with Crippen LogP contribution in [-0.4, -0.2) is 83.2 Å². The molecule has 3 aromatic rings. The average Bonchev–Trinajstić information content (AvgIpc) is 3.26. The summed E-state index contributed by atoms with van der Waals surface area (Å²) in [6.45, 7) is 2.21. The lowest BCUT2D eigenvalue weighted by molar-refractivity contribution is -0.134. The Kier molecular flexibility index (Phi) is 7.77. The first-order chi connectivity index (χ1) is 20.7. The van der Waals surface area contributed by atoms with Gasteiger partial charge in [-0.15, -0.1) is 0 Å². The van der Waals surface area contributed by atoms with Crippen molar-refractivity contribution in [3.63, 3.8) is 0 Å². The molecule has 2 aliphatic heterocycles. The van der Waals surface area contributed by atoms with Crippen molar-refractivity contribution in [1.82, 2.24) is 24.7 Å². The number of nitrogens with zero attached hydrogens (tertiary/aromatic N) is 4. The molecule has 0 spiro atoms. The number of carbonyl (C=O) groups is 3. The zero-order valence-corrected chi connectivity index (χ0v) is 23.8. The molecule has 6 rings (SSSR count).